The second kappa shape index (κ2) is 8.70. The predicted octanol–water partition coefficient (Wildman–Crippen LogP) is 3.05. The average Bonchev–Trinajstić information content (AvgIpc) is 2.47. The fourth-order valence-electron chi connectivity index (χ4n) is 2.05. The number of nitriles is 1. The lowest BCUT2D eigenvalue weighted by Gasteiger charge is -2.07. The van der Waals surface area contributed by atoms with E-state index in [9.17, 15) is 13.2 Å². The van der Waals surface area contributed by atoms with Gasteiger partial charge < -0.3 is 0 Å². The lowest BCUT2D eigenvalue weighted by atomic mass is 10.0. The van der Waals surface area contributed by atoms with E-state index in [1.807, 2.05) is 6.07 Å². The van der Waals surface area contributed by atoms with Gasteiger partial charge in [0.25, 0.3) is 0 Å². The van der Waals surface area contributed by atoms with E-state index in [1.165, 1.54) is 0 Å². The number of Topliss-reactive ketones (excluding diaryl/α,β-unsaturated/α-hetero) is 1. The molecule has 0 saturated heterocycles. The van der Waals surface area contributed by atoms with E-state index >= 15 is 0 Å². The number of hydrogen-bond donors (Lipinski definition) is 0. The van der Waals surface area contributed by atoms with Crippen LogP contribution in [-0.4, -0.2) is 25.2 Å². The van der Waals surface area contributed by atoms with Gasteiger partial charge in [0.1, 0.15) is 5.78 Å². The second-order valence-electron chi connectivity index (χ2n) is 5.75. The minimum Gasteiger partial charge on any atom is -0.299 e. The van der Waals surface area contributed by atoms with E-state index in [-0.39, 0.29) is 16.8 Å². The Morgan fingerprint density at radius 1 is 1.14 bits per heavy atom. The second-order valence-corrected chi connectivity index (χ2v) is 8.43. The Kier molecular flexibility index (Phi) is 7.26. The summed E-state index contributed by atoms with van der Waals surface area (Å²) in [6.07, 6.45) is 2.94. The third-order valence-electron chi connectivity index (χ3n) is 3.59. The van der Waals surface area contributed by atoms with Crippen LogP contribution >= 0.6 is 0 Å². The first-order valence-electron chi connectivity index (χ1n) is 7.57. The van der Waals surface area contributed by atoms with Crippen LogP contribution in [0, 0.1) is 11.3 Å². The summed E-state index contributed by atoms with van der Waals surface area (Å²) in [5.41, 5.74) is 1.49. The molecule has 0 heterocycles. The number of sulfone groups is 1. The normalized spacial score (nSPS) is 11.4. The van der Waals surface area contributed by atoms with Crippen molar-refractivity contribution in [3.63, 3.8) is 0 Å². The minimum absolute atomic E-state index is 0.149. The summed E-state index contributed by atoms with van der Waals surface area (Å²) in [7, 11) is -2.97. The van der Waals surface area contributed by atoms with Crippen molar-refractivity contribution in [2.24, 2.45) is 0 Å². The summed E-state index contributed by atoms with van der Waals surface area (Å²) in [5.74, 6) is 0.352. The summed E-state index contributed by atoms with van der Waals surface area (Å²) in [4.78, 5) is 11.9. The molecule has 120 valence electrons. The van der Waals surface area contributed by atoms with Gasteiger partial charge in [0.05, 0.1) is 22.6 Å². The minimum atomic E-state index is -2.97. The number of hydrogen-bond acceptors (Lipinski definition) is 4. The molecule has 0 spiro atoms. The Hall–Kier alpha value is -1.67. The maximum atomic E-state index is 11.9. The number of ketones is 1. The molecule has 0 atom stereocenters. The van der Waals surface area contributed by atoms with Crippen LogP contribution in [0.3, 0.4) is 0 Å². The van der Waals surface area contributed by atoms with Crippen LogP contribution in [0.5, 0.6) is 0 Å². The van der Waals surface area contributed by atoms with Crippen molar-refractivity contribution >= 4 is 15.6 Å². The van der Waals surface area contributed by atoms with Crippen molar-refractivity contribution in [2.75, 3.05) is 5.75 Å². The fourth-order valence-corrected chi connectivity index (χ4v) is 3.13. The maximum Gasteiger partial charge on any atom is 0.152 e. The van der Waals surface area contributed by atoms with Gasteiger partial charge >= 0.3 is 0 Å². The van der Waals surface area contributed by atoms with Gasteiger partial charge in [0.2, 0.25) is 0 Å². The molecule has 0 aliphatic carbocycles. The summed E-state index contributed by atoms with van der Waals surface area (Å²) in [6.45, 7) is 3.38. The number of unbranched alkanes of at least 4 members (excludes halogenated alkanes) is 2. The molecule has 5 heteroatoms. The molecule has 0 fully saturated rings. The van der Waals surface area contributed by atoms with Gasteiger partial charge in [-0.25, -0.2) is 8.42 Å². The van der Waals surface area contributed by atoms with E-state index in [2.05, 4.69) is 0 Å². The van der Waals surface area contributed by atoms with Gasteiger partial charge in [-0.1, -0.05) is 18.6 Å². The molecule has 0 amide bonds. The first-order valence-corrected chi connectivity index (χ1v) is 9.29. The molecule has 0 aromatic heterocycles. The van der Waals surface area contributed by atoms with Gasteiger partial charge in [0.15, 0.2) is 9.84 Å². The molecule has 1 aromatic rings. The molecule has 1 aromatic carbocycles. The highest BCUT2D eigenvalue weighted by Gasteiger charge is 2.15. The molecule has 22 heavy (non-hydrogen) atoms. The molecule has 0 aliphatic rings. The third-order valence-corrected chi connectivity index (χ3v) is 5.88. The molecule has 0 unspecified atom stereocenters. The molecule has 0 bridgehead atoms. The number of nitrogens with zero attached hydrogens (tertiary/aromatic N) is 1. The molecular formula is C17H23NO3S. The van der Waals surface area contributed by atoms with Crippen molar-refractivity contribution in [2.45, 2.75) is 51.2 Å². The predicted molar refractivity (Wildman–Crippen MR) is 87.3 cm³/mol. The Labute approximate surface area is 133 Å². The number of carbonyl (C=O) groups excluding carboxylic acids is 1. The summed E-state index contributed by atoms with van der Waals surface area (Å²) < 4.78 is 23.3. The van der Waals surface area contributed by atoms with Crippen LogP contribution in [0.15, 0.2) is 24.3 Å². The maximum absolute atomic E-state index is 11.9. The quantitative estimate of drug-likeness (QED) is 0.655. The van der Waals surface area contributed by atoms with Crippen molar-refractivity contribution in [1.82, 2.24) is 0 Å². The van der Waals surface area contributed by atoms with Crippen LogP contribution in [0.25, 0.3) is 0 Å². The van der Waals surface area contributed by atoms with Crippen molar-refractivity contribution < 1.29 is 13.2 Å². The highest BCUT2D eigenvalue weighted by atomic mass is 32.2. The van der Waals surface area contributed by atoms with Crippen LogP contribution in [0.2, 0.25) is 0 Å². The summed E-state index contributed by atoms with van der Waals surface area (Å²) in [5, 5.41) is 8.38. The highest BCUT2D eigenvalue weighted by Crippen LogP contribution is 2.10. The largest absolute Gasteiger partial charge is 0.299 e. The zero-order valence-electron chi connectivity index (χ0n) is 13.2. The van der Waals surface area contributed by atoms with Crippen molar-refractivity contribution in [3.8, 4) is 6.07 Å². The van der Waals surface area contributed by atoms with E-state index in [4.69, 9.17) is 5.26 Å². The molecule has 1 rings (SSSR count). The van der Waals surface area contributed by atoms with Crippen molar-refractivity contribution in [3.05, 3.63) is 35.4 Å². The first-order chi connectivity index (χ1) is 10.3. The SMILES string of the molecule is CC(C)S(=O)(=O)CCCCCC(=O)Cc1ccc(C#N)cc1. The smallest absolute Gasteiger partial charge is 0.152 e. The molecule has 4 nitrogen and oxygen atoms in total. The average molecular weight is 321 g/mol. The number of carbonyl (C=O) groups is 1. The number of rotatable bonds is 9. The van der Waals surface area contributed by atoms with Gasteiger partial charge in [-0.3, -0.25) is 4.79 Å². The lowest BCUT2D eigenvalue weighted by molar-refractivity contribution is -0.118. The zero-order chi connectivity index (χ0) is 16.6. The zero-order valence-corrected chi connectivity index (χ0v) is 14.0. The Balaban J connectivity index is 2.25. The summed E-state index contributed by atoms with van der Waals surface area (Å²) in [6, 6.07) is 9.05. The lowest BCUT2D eigenvalue weighted by Crippen LogP contribution is -2.17. The first kappa shape index (κ1) is 18.4. The molecule has 0 saturated carbocycles. The topological polar surface area (TPSA) is 75.0 Å². The van der Waals surface area contributed by atoms with E-state index in [1.54, 1.807) is 38.1 Å². The molecular weight excluding hydrogens is 298 g/mol. The Morgan fingerprint density at radius 2 is 1.77 bits per heavy atom. The molecule has 0 aliphatic heterocycles. The molecule has 0 radical (unpaired) electrons. The highest BCUT2D eigenvalue weighted by molar-refractivity contribution is 7.91. The van der Waals surface area contributed by atoms with Gasteiger partial charge in [-0.05, 0) is 44.4 Å². The van der Waals surface area contributed by atoms with E-state index < -0.39 is 9.84 Å². The van der Waals surface area contributed by atoms with E-state index in [0.29, 0.717) is 24.8 Å². The van der Waals surface area contributed by atoms with Gasteiger partial charge in [-0.15, -0.1) is 0 Å². The molecule has 0 N–H and O–H groups in total. The summed E-state index contributed by atoms with van der Waals surface area (Å²) >= 11 is 0. The van der Waals surface area contributed by atoms with Crippen LogP contribution in [0.1, 0.15) is 50.7 Å². The van der Waals surface area contributed by atoms with Crippen molar-refractivity contribution in [1.29, 1.82) is 5.26 Å². The van der Waals surface area contributed by atoms with Crippen LogP contribution in [-0.2, 0) is 21.1 Å². The number of benzene rings is 1. The Morgan fingerprint density at radius 3 is 2.32 bits per heavy atom. The standard InChI is InChI=1S/C17H23NO3S/c1-14(2)22(20,21)11-5-3-4-6-17(19)12-15-7-9-16(13-18)10-8-15/h7-10,14H,3-6,11-12H2,1-2H3. The van der Waals surface area contributed by atoms with Crippen LogP contribution < -0.4 is 0 Å². The fraction of sp³-hybridized carbons (Fsp3) is 0.529. The van der Waals surface area contributed by atoms with E-state index in [0.717, 1.165) is 18.4 Å². The van der Waals surface area contributed by atoms with Gasteiger partial charge in [-0.2, -0.15) is 5.26 Å². The monoisotopic (exact) mass is 321 g/mol. The van der Waals surface area contributed by atoms with Gasteiger partial charge in [0, 0.05) is 12.8 Å². The Bertz CT molecular complexity index is 625. The van der Waals surface area contributed by atoms with Crippen LogP contribution in [0.4, 0.5) is 0 Å². The third kappa shape index (κ3) is 6.40.